The quantitative estimate of drug-likeness (QED) is 0.793. The second-order valence-electron chi connectivity index (χ2n) is 4.07. The highest BCUT2D eigenvalue weighted by Crippen LogP contribution is 2.22. The van der Waals surface area contributed by atoms with Crippen LogP contribution in [0.5, 0.6) is 0 Å². The number of aromatic nitrogens is 3. The predicted octanol–water partition coefficient (Wildman–Crippen LogP) is 2.77. The molecule has 0 amide bonds. The SMILES string of the molecule is Nc1ccnc(Cc2nc(-c3ccccc3)cs2)n1. The normalized spacial score (nSPS) is 10.5. The zero-order chi connectivity index (χ0) is 13.1. The summed E-state index contributed by atoms with van der Waals surface area (Å²) in [5, 5.41) is 3.04. The Labute approximate surface area is 115 Å². The summed E-state index contributed by atoms with van der Waals surface area (Å²) in [6, 6.07) is 11.8. The van der Waals surface area contributed by atoms with Crippen molar-refractivity contribution < 1.29 is 0 Å². The third kappa shape index (κ3) is 2.77. The Morgan fingerprint density at radius 2 is 1.89 bits per heavy atom. The minimum atomic E-state index is 0.491. The molecule has 94 valence electrons. The van der Waals surface area contributed by atoms with Crippen LogP contribution in [-0.4, -0.2) is 15.0 Å². The number of anilines is 1. The Balaban J connectivity index is 1.82. The number of nitrogens with zero attached hydrogens (tertiary/aromatic N) is 3. The fraction of sp³-hybridized carbons (Fsp3) is 0.0714. The zero-order valence-electron chi connectivity index (χ0n) is 10.2. The third-order valence-corrected chi connectivity index (χ3v) is 3.51. The van der Waals surface area contributed by atoms with Gasteiger partial charge in [0.25, 0.3) is 0 Å². The molecule has 4 nitrogen and oxygen atoms in total. The fourth-order valence-corrected chi connectivity index (χ4v) is 2.57. The van der Waals surface area contributed by atoms with Gasteiger partial charge in [0.15, 0.2) is 0 Å². The van der Waals surface area contributed by atoms with Gasteiger partial charge in [0, 0.05) is 17.1 Å². The van der Waals surface area contributed by atoms with Gasteiger partial charge in [-0.25, -0.2) is 15.0 Å². The van der Waals surface area contributed by atoms with Crippen LogP contribution in [0.2, 0.25) is 0 Å². The molecule has 0 fully saturated rings. The molecule has 0 aliphatic rings. The molecule has 2 heterocycles. The Hall–Kier alpha value is -2.27. The van der Waals surface area contributed by atoms with Gasteiger partial charge < -0.3 is 5.73 Å². The number of nitrogens with two attached hydrogens (primary N) is 1. The number of nitrogen functional groups attached to an aromatic ring is 1. The van der Waals surface area contributed by atoms with Gasteiger partial charge in [0.2, 0.25) is 0 Å². The minimum Gasteiger partial charge on any atom is -0.384 e. The topological polar surface area (TPSA) is 64.7 Å². The van der Waals surface area contributed by atoms with Gasteiger partial charge in [0.1, 0.15) is 16.6 Å². The number of benzene rings is 1. The summed E-state index contributed by atoms with van der Waals surface area (Å²) in [5.74, 6) is 1.19. The van der Waals surface area contributed by atoms with E-state index in [0.717, 1.165) is 16.3 Å². The molecule has 19 heavy (non-hydrogen) atoms. The van der Waals surface area contributed by atoms with E-state index in [-0.39, 0.29) is 0 Å². The summed E-state index contributed by atoms with van der Waals surface area (Å²) in [4.78, 5) is 13.0. The highest BCUT2D eigenvalue weighted by Gasteiger charge is 2.06. The van der Waals surface area contributed by atoms with Crippen LogP contribution in [0.25, 0.3) is 11.3 Å². The van der Waals surface area contributed by atoms with Crippen molar-refractivity contribution in [3.63, 3.8) is 0 Å². The van der Waals surface area contributed by atoms with E-state index in [1.807, 2.05) is 18.2 Å². The second-order valence-corrected chi connectivity index (χ2v) is 5.01. The number of hydrogen-bond acceptors (Lipinski definition) is 5. The summed E-state index contributed by atoms with van der Waals surface area (Å²) in [6.45, 7) is 0. The lowest BCUT2D eigenvalue weighted by Crippen LogP contribution is -1.99. The molecular formula is C14H12N4S. The van der Waals surface area contributed by atoms with Gasteiger partial charge in [-0.15, -0.1) is 11.3 Å². The van der Waals surface area contributed by atoms with E-state index in [0.29, 0.717) is 18.1 Å². The first-order valence-electron chi connectivity index (χ1n) is 5.88. The molecule has 2 N–H and O–H groups in total. The van der Waals surface area contributed by atoms with Crippen LogP contribution in [0.3, 0.4) is 0 Å². The zero-order valence-corrected chi connectivity index (χ0v) is 11.0. The molecule has 0 unspecified atom stereocenters. The Bertz CT molecular complexity index is 679. The highest BCUT2D eigenvalue weighted by atomic mass is 32.1. The Kier molecular flexibility index (Phi) is 3.20. The first kappa shape index (κ1) is 11.8. The highest BCUT2D eigenvalue weighted by molar-refractivity contribution is 7.10. The molecular weight excluding hydrogens is 256 g/mol. The van der Waals surface area contributed by atoms with Crippen molar-refractivity contribution >= 4 is 17.2 Å². The van der Waals surface area contributed by atoms with Crippen LogP contribution in [0.4, 0.5) is 5.82 Å². The largest absolute Gasteiger partial charge is 0.384 e. The Morgan fingerprint density at radius 1 is 1.05 bits per heavy atom. The standard InChI is InChI=1S/C14H12N4S/c15-12-6-7-16-13(18-12)8-14-17-11(9-19-14)10-4-2-1-3-5-10/h1-7,9H,8H2,(H2,15,16,18). The van der Waals surface area contributed by atoms with Crippen LogP contribution in [0, 0.1) is 0 Å². The van der Waals surface area contributed by atoms with E-state index in [9.17, 15) is 0 Å². The van der Waals surface area contributed by atoms with Crippen molar-refractivity contribution in [2.75, 3.05) is 5.73 Å². The fourth-order valence-electron chi connectivity index (χ4n) is 1.77. The van der Waals surface area contributed by atoms with Gasteiger partial charge in [-0.2, -0.15) is 0 Å². The van der Waals surface area contributed by atoms with Crippen molar-refractivity contribution in [1.82, 2.24) is 15.0 Å². The summed E-state index contributed by atoms with van der Waals surface area (Å²) >= 11 is 1.61. The van der Waals surface area contributed by atoms with Crippen molar-refractivity contribution in [3.05, 3.63) is 58.8 Å². The van der Waals surface area contributed by atoms with Gasteiger partial charge >= 0.3 is 0 Å². The average molecular weight is 268 g/mol. The molecule has 2 aromatic heterocycles. The maximum absolute atomic E-state index is 5.64. The second kappa shape index (κ2) is 5.16. The summed E-state index contributed by atoms with van der Waals surface area (Å²) < 4.78 is 0. The number of hydrogen-bond donors (Lipinski definition) is 1. The van der Waals surface area contributed by atoms with Gasteiger partial charge in [-0.3, -0.25) is 0 Å². The molecule has 0 aliphatic heterocycles. The summed E-state index contributed by atoms with van der Waals surface area (Å²) in [5.41, 5.74) is 7.75. The first-order chi connectivity index (χ1) is 9.31. The molecule has 0 atom stereocenters. The van der Waals surface area contributed by atoms with E-state index in [4.69, 9.17) is 5.73 Å². The van der Waals surface area contributed by atoms with Gasteiger partial charge in [-0.1, -0.05) is 30.3 Å². The lowest BCUT2D eigenvalue weighted by molar-refractivity contribution is 0.964. The molecule has 3 aromatic rings. The van der Waals surface area contributed by atoms with E-state index in [1.54, 1.807) is 23.6 Å². The van der Waals surface area contributed by atoms with E-state index in [2.05, 4.69) is 32.5 Å². The van der Waals surface area contributed by atoms with Crippen molar-refractivity contribution in [2.45, 2.75) is 6.42 Å². The van der Waals surface area contributed by atoms with Crippen LogP contribution in [0.15, 0.2) is 48.0 Å². The molecule has 1 aromatic carbocycles. The number of rotatable bonds is 3. The van der Waals surface area contributed by atoms with Crippen molar-refractivity contribution in [3.8, 4) is 11.3 Å². The van der Waals surface area contributed by atoms with Gasteiger partial charge in [-0.05, 0) is 6.07 Å². The Morgan fingerprint density at radius 3 is 2.68 bits per heavy atom. The monoisotopic (exact) mass is 268 g/mol. The van der Waals surface area contributed by atoms with Crippen LogP contribution in [0.1, 0.15) is 10.8 Å². The average Bonchev–Trinajstić information content (AvgIpc) is 2.88. The molecule has 5 heteroatoms. The third-order valence-electron chi connectivity index (χ3n) is 2.66. The number of thiazole rings is 1. The smallest absolute Gasteiger partial charge is 0.137 e. The van der Waals surface area contributed by atoms with E-state index >= 15 is 0 Å². The van der Waals surface area contributed by atoms with E-state index in [1.165, 1.54) is 0 Å². The molecule has 0 aliphatic carbocycles. The minimum absolute atomic E-state index is 0.491. The maximum atomic E-state index is 5.64. The van der Waals surface area contributed by atoms with Crippen molar-refractivity contribution in [2.24, 2.45) is 0 Å². The molecule has 0 radical (unpaired) electrons. The molecule has 0 spiro atoms. The van der Waals surface area contributed by atoms with Crippen LogP contribution >= 0.6 is 11.3 Å². The first-order valence-corrected chi connectivity index (χ1v) is 6.76. The molecule has 0 bridgehead atoms. The van der Waals surface area contributed by atoms with Crippen molar-refractivity contribution in [1.29, 1.82) is 0 Å². The predicted molar refractivity (Wildman–Crippen MR) is 76.8 cm³/mol. The van der Waals surface area contributed by atoms with E-state index < -0.39 is 0 Å². The molecule has 3 rings (SSSR count). The van der Waals surface area contributed by atoms with Crippen LogP contribution in [-0.2, 0) is 6.42 Å². The van der Waals surface area contributed by atoms with Gasteiger partial charge in [0.05, 0.1) is 12.1 Å². The summed E-state index contributed by atoms with van der Waals surface area (Å²) in [6.07, 6.45) is 2.28. The maximum Gasteiger partial charge on any atom is 0.137 e. The molecule has 0 saturated heterocycles. The molecule has 0 saturated carbocycles. The van der Waals surface area contributed by atoms with Crippen LogP contribution < -0.4 is 5.73 Å². The lowest BCUT2D eigenvalue weighted by Gasteiger charge is -1.97. The lowest BCUT2D eigenvalue weighted by atomic mass is 10.2. The summed E-state index contributed by atoms with van der Waals surface area (Å²) in [7, 11) is 0.